The second kappa shape index (κ2) is 10.6. The molecule has 43 heavy (non-hydrogen) atoms. The number of alkyl halides is 2. The summed E-state index contributed by atoms with van der Waals surface area (Å²) in [5, 5.41) is 12.5. The van der Waals surface area contributed by atoms with E-state index in [1.807, 2.05) is 6.07 Å². The molecule has 0 aliphatic carbocycles. The lowest BCUT2D eigenvalue weighted by Gasteiger charge is -2.49. The average molecular weight is 620 g/mol. The summed E-state index contributed by atoms with van der Waals surface area (Å²) in [6.45, 7) is 9.66. The molecular formula is C28H32F3N7O4S. The summed E-state index contributed by atoms with van der Waals surface area (Å²) in [5.74, 6) is -5.42. The minimum atomic E-state index is -3.67. The van der Waals surface area contributed by atoms with Crippen LogP contribution in [0.15, 0.2) is 33.8 Å². The molecule has 0 aromatic carbocycles. The van der Waals surface area contributed by atoms with Crippen LogP contribution >= 0.6 is 0 Å². The number of fused-ring (bicyclic) bond motifs is 1. The number of nitriles is 1. The lowest BCUT2D eigenvalue weighted by molar-refractivity contribution is -0.00694. The summed E-state index contributed by atoms with van der Waals surface area (Å²) in [7, 11) is -3.67. The van der Waals surface area contributed by atoms with Gasteiger partial charge in [-0.1, -0.05) is 0 Å². The lowest BCUT2D eigenvalue weighted by Crippen LogP contribution is -2.64. The topological polar surface area (TPSA) is 159 Å². The van der Waals surface area contributed by atoms with E-state index in [-0.39, 0.29) is 22.9 Å². The molecule has 3 atom stereocenters. The number of ether oxygens (including phenoxy) is 1. The van der Waals surface area contributed by atoms with E-state index in [1.54, 1.807) is 27.7 Å². The van der Waals surface area contributed by atoms with Gasteiger partial charge >= 0.3 is 6.09 Å². The Bertz CT molecular complexity index is 1700. The number of alkyl carbamates (subject to hydrolysis) is 1. The molecule has 4 rings (SSSR count). The Morgan fingerprint density at radius 2 is 1.86 bits per heavy atom. The number of rotatable bonds is 3. The van der Waals surface area contributed by atoms with Gasteiger partial charge in [0.15, 0.2) is 0 Å². The van der Waals surface area contributed by atoms with E-state index in [9.17, 15) is 22.6 Å². The minimum Gasteiger partial charge on any atom is -0.444 e. The van der Waals surface area contributed by atoms with Crippen LogP contribution in [0, 0.1) is 24.1 Å². The third-order valence-corrected chi connectivity index (χ3v) is 10.8. The molecule has 2 aliphatic rings. The summed E-state index contributed by atoms with van der Waals surface area (Å²) in [4.78, 5) is 38.5. The zero-order chi connectivity index (χ0) is 32.2. The largest absolute Gasteiger partial charge is 0.444 e. The Hall–Kier alpha value is -4.06. The number of hydrogen-bond donors (Lipinski definition) is 2. The van der Waals surface area contributed by atoms with Gasteiger partial charge in [0.25, 0.3) is 11.8 Å². The number of amides is 2. The highest BCUT2D eigenvalue weighted by atomic mass is 32.2. The predicted octanol–water partition coefficient (Wildman–Crippen LogP) is 4.85. The first-order chi connectivity index (χ1) is 19.7. The van der Waals surface area contributed by atoms with Crippen molar-refractivity contribution in [2.45, 2.75) is 81.9 Å². The van der Waals surface area contributed by atoms with Crippen LogP contribution in [0.25, 0.3) is 0 Å². The van der Waals surface area contributed by atoms with Gasteiger partial charge in [-0.15, -0.1) is 0 Å². The monoisotopic (exact) mass is 619 g/mol. The third-order valence-electron chi connectivity index (χ3n) is 7.24. The number of nitrogens with zero attached hydrogens (tertiary/aromatic N) is 5. The molecule has 0 spiro atoms. The predicted molar refractivity (Wildman–Crippen MR) is 153 cm³/mol. The molecule has 0 bridgehead atoms. The molecule has 2 aliphatic heterocycles. The number of carbonyl (C=O) groups excluding carboxylic acids is 2. The van der Waals surface area contributed by atoms with Gasteiger partial charge < -0.3 is 10.1 Å². The number of aliphatic imine (C=N–C) groups is 1. The molecular weight excluding hydrogens is 587 g/mol. The first-order valence-electron chi connectivity index (χ1n) is 13.3. The molecule has 0 unspecified atom stereocenters. The van der Waals surface area contributed by atoms with Crippen LogP contribution in [0.2, 0.25) is 0 Å². The highest BCUT2D eigenvalue weighted by Crippen LogP contribution is 2.50. The smallest absolute Gasteiger partial charge is 0.413 e. The first-order valence-corrected chi connectivity index (χ1v) is 14.8. The molecule has 2 N–H and O–H groups in total. The Morgan fingerprint density at radius 1 is 1.19 bits per heavy atom. The van der Waals surface area contributed by atoms with Gasteiger partial charge in [-0.25, -0.2) is 36.5 Å². The maximum Gasteiger partial charge on any atom is 0.413 e. The molecule has 11 nitrogen and oxygen atoms in total. The van der Waals surface area contributed by atoms with Crippen LogP contribution in [0.4, 0.5) is 23.8 Å². The van der Waals surface area contributed by atoms with E-state index in [2.05, 4.69) is 30.0 Å². The van der Waals surface area contributed by atoms with E-state index in [0.29, 0.717) is 5.56 Å². The molecule has 0 fully saturated rings. The normalized spacial score (nSPS) is 25.7. The van der Waals surface area contributed by atoms with Crippen LogP contribution in [-0.2, 0) is 20.0 Å². The number of aromatic nitrogens is 2. The third kappa shape index (κ3) is 5.93. The Labute approximate surface area is 247 Å². The van der Waals surface area contributed by atoms with Crippen LogP contribution in [0.1, 0.15) is 75.3 Å². The molecule has 15 heteroatoms. The highest BCUT2D eigenvalue weighted by Gasteiger charge is 2.61. The second-order valence-electron chi connectivity index (χ2n) is 12.1. The molecule has 0 saturated carbocycles. The Balaban J connectivity index is 1.85. The summed E-state index contributed by atoms with van der Waals surface area (Å²) < 4.78 is 67.6. The van der Waals surface area contributed by atoms with Gasteiger partial charge in [0.05, 0.1) is 20.5 Å². The van der Waals surface area contributed by atoms with E-state index in [1.165, 1.54) is 33.0 Å². The summed E-state index contributed by atoms with van der Waals surface area (Å²) >= 11 is 0. The van der Waals surface area contributed by atoms with Gasteiger partial charge in [0.2, 0.25) is 0 Å². The summed E-state index contributed by atoms with van der Waals surface area (Å²) in [6, 6.07) is 5.52. The molecule has 4 heterocycles. The molecule has 0 radical (unpaired) electrons. The first kappa shape index (κ1) is 31.9. The van der Waals surface area contributed by atoms with Crippen molar-refractivity contribution in [3.8, 4) is 6.07 Å². The Kier molecular flexibility index (Phi) is 7.84. The van der Waals surface area contributed by atoms with Crippen LogP contribution in [0.5, 0.6) is 0 Å². The highest BCUT2D eigenvalue weighted by molar-refractivity contribution is 7.96. The fraction of sp³-hybridized carbons (Fsp3) is 0.500. The lowest BCUT2D eigenvalue weighted by atomic mass is 9.88. The van der Waals surface area contributed by atoms with Gasteiger partial charge in [-0.2, -0.15) is 5.26 Å². The number of aryl methyl sites for hydroxylation is 1. The van der Waals surface area contributed by atoms with Gasteiger partial charge in [0, 0.05) is 12.6 Å². The average Bonchev–Trinajstić information content (AvgIpc) is 2.88. The number of halogens is 3. The Morgan fingerprint density at radius 3 is 2.47 bits per heavy atom. The van der Waals surface area contributed by atoms with Crippen LogP contribution < -0.4 is 10.6 Å². The van der Waals surface area contributed by atoms with E-state index in [4.69, 9.17) is 10.00 Å². The van der Waals surface area contributed by atoms with Crippen molar-refractivity contribution in [2.24, 2.45) is 9.36 Å². The molecule has 2 amide bonds. The van der Waals surface area contributed by atoms with Crippen molar-refractivity contribution in [2.75, 3.05) is 11.9 Å². The minimum absolute atomic E-state index is 0.0205. The molecule has 230 valence electrons. The van der Waals surface area contributed by atoms with E-state index in [0.717, 1.165) is 12.1 Å². The number of nitrogens with one attached hydrogen (secondary N) is 2. The van der Waals surface area contributed by atoms with Gasteiger partial charge in [-0.05, 0) is 72.2 Å². The number of anilines is 1. The fourth-order valence-corrected chi connectivity index (χ4v) is 8.26. The summed E-state index contributed by atoms with van der Waals surface area (Å²) in [6.07, 6.45) is -0.665. The second-order valence-corrected chi connectivity index (χ2v) is 15.1. The zero-order valence-corrected chi connectivity index (χ0v) is 25.5. The standard InChI is InChI=1S/C28H32F3N7O4S/c1-15-10-16(12-32)13-33-20(15)22(39)36-19-9-8-17(29)21(35-19)27(7)18-11-28(30,31)14-34-43(18,41)26(5,6)23(38-27)37-24(40)42-25(2,3)4/h8-10,13,18H,11,14H2,1-7H3,(H,35,36,39)(H,37,38,40)/t18-,27+,43-/m1/s1. The van der Waals surface area contributed by atoms with Crippen molar-refractivity contribution in [1.29, 1.82) is 5.26 Å². The van der Waals surface area contributed by atoms with Crippen molar-refractivity contribution >= 4 is 33.4 Å². The molecule has 2 aromatic rings. The van der Waals surface area contributed by atoms with Crippen molar-refractivity contribution in [3.05, 3.63) is 52.7 Å². The van der Waals surface area contributed by atoms with Crippen LogP contribution in [0.3, 0.4) is 0 Å². The number of hydrogen-bond acceptors (Lipinski definition) is 9. The van der Waals surface area contributed by atoms with Gasteiger partial charge in [-0.3, -0.25) is 15.1 Å². The maximum absolute atomic E-state index is 15.6. The number of amidine groups is 1. The quantitative estimate of drug-likeness (QED) is 0.497. The zero-order valence-electron chi connectivity index (χ0n) is 24.7. The maximum atomic E-state index is 15.6. The van der Waals surface area contributed by atoms with Crippen molar-refractivity contribution in [3.63, 3.8) is 0 Å². The van der Waals surface area contributed by atoms with Crippen molar-refractivity contribution < 1.29 is 31.7 Å². The molecule has 2 aromatic heterocycles. The summed E-state index contributed by atoms with van der Waals surface area (Å²) in [5.41, 5.74) is -2.80. The SMILES string of the molecule is Cc1cc(C#N)cnc1C(=O)Nc1ccc(F)c([C@@]2(C)N=C(NC(=O)OC(C)(C)C)C(C)(C)[S@@]3(=O)=NCC(F)(F)C[C@H]23)n1. The number of pyridine rings is 2. The van der Waals surface area contributed by atoms with E-state index < -0.39 is 73.3 Å². The number of carbonyl (C=O) groups is 2. The van der Waals surface area contributed by atoms with Crippen LogP contribution in [-0.4, -0.2) is 60.1 Å². The van der Waals surface area contributed by atoms with E-state index >= 15 is 4.39 Å². The van der Waals surface area contributed by atoms with Crippen molar-refractivity contribution in [1.82, 2.24) is 15.3 Å². The van der Waals surface area contributed by atoms with Gasteiger partial charge in [0.1, 0.15) is 57.4 Å². The fourth-order valence-electron chi connectivity index (χ4n) is 5.03. The molecule has 0 saturated heterocycles.